The zero-order chi connectivity index (χ0) is 25.4. The number of aliphatic hydroxyl groups excluding tert-OH is 1. The van der Waals surface area contributed by atoms with Crippen LogP contribution in [0.1, 0.15) is 53.0 Å². The van der Waals surface area contributed by atoms with E-state index >= 15 is 0 Å². The van der Waals surface area contributed by atoms with Crippen molar-refractivity contribution in [1.82, 2.24) is 0 Å². The number of hydrogen-bond acceptors (Lipinski definition) is 6. The van der Waals surface area contributed by atoms with Crippen molar-refractivity contribution >= 4 is 0 Å². The van der Waals surface area contributed by atoms with Crippen LogP contribution in [0.15, 0.2) is 48.5 Å². The SMILES string of the molecule is Cc1cc(OCCOC2CC2)c2c(c1-c1cccc(COc3ccc4c(c3)OCC4CC(O)O)c1)CC2. The van der Waals surface area contributed by atoms with E-state index in [-0.39, 0.29) is 12.3 Å². The maximum Gasteiger partial charge on any atom is 0.152 e. The first-order valence-corrected chi connectivity index (χ1v) is 13.3. The van der Waals surface area contributed by atoms with Gasteiger partial charge >= 0.3 is 0 Å². The second-order valence-corrected chi connectivity index (χ2v) is 10.4. The molecule has 0 saturated heterocycles. The van der Waals surface area contributed by atoms with E-state index in [1.807, 2.05) is 18.2 Å². The molecular formula is C31H34O6. The van der Waals surface area contributed by atoms with Gasteiger partial charge in [0.05, 0.1) is 19.3 Å². The van der Waals surface area contributed by atoms with Crippen LogP contribution in [-0.4, -0.2) is 42.4 Å². The lowest BCUT2D eigenvalue weighted by Crippen LogP contribution is -2.16. The minimum absolute atomic E-state index is 0.00511. The fourth-order valence-corrected chi connectivity index (χ4v) is 5.43. The van der Waals surface area contributed by atoms with Crippen LogP contribution in [0.25, 0.3) is 11.1 Å². The number of aliphatic hydroxyl groups is 2. The van der Waals surface area contributed by atoms with E-state index in [1.54, 1.807) is 0 Å². The summed E-state index contributed by atoms with van der Waals surface area (Å²) in [5.41, 5.74) is 8.58. The smallest absolute Gasteiger partial charge is 0.152 e. The number of aryl methyl sites for hydroxylation is 1. The Bertz CT molecular complexity index is 1280. The molecule has 1 heterocycles. The highest BCUT2D eigenvalue weighted by Crippen LogP contribution is 2.42. The van der Waals surface area contributed by atoms with Crippen LogP contribution in [0.4, 0.5) is 0 Å². The third kappa shape index (κ3) is 5.33. The summed E-state index contributed by atoms with van der Waals surface area (Å²) in [7, 11) is 0. The van der Waals surface area contributed by atoms with E-state index in [0.29, 0.717) is 32.5 Å². The Morgan fingerprint density at radius 3 is 2.62 bits per heavy atom. The molecule has 3 aromatic carbocycles. The van der Waals surface area contributed by atoms with Gasteiger partial charge in [0.25, 0.3) is 0 Å². The van der Waals surface area contributed by atoms with Crippen molar-refractivity contribution < 1.29 is 29.2 Å². The number of hydrogen-bond donors (Lipinski definition) is 2. The van der Waals surface area contributed by atoms with Crippen molar-refractivity contribution in [2.45, 2.75) is 63.9 Å². The predicted octanol–water partition coefficient (Wildman–Crippen LogP) is 5.07. The summed E-state index contributed by atoms with van der Waals surface area (Å²) in [6, 6.07) is 16.5. The van der Waals surface area contributed by atoms with Crippen molar-refractivity contribution in [3.05, 3.63) is 76.3 Å². The summed E-state index contributed by atoms with van der Waals surface area (Å²) in [6.07, 6.45) is 3.90. The Kier molecular flexibility index (Phi) is 6.80. The number of ether oxygens (including phenoxy) is 4. The Morgan fingerprint density at radius 2 is 1.84 bits per heavy atom. The van der Waals surface area contributed by atoms with Gasteiger partial charge in [-0.05, 0) is 84.2 Å². The fraction of sp³-hybridized carbons (Fsp3) is 0.419. The van der Waals surface area contributed by atoms with Gasteiger partial charge in [-0.25, -0.2) is 0 Å². The maximum absolute atomic E-state index is 9.30. The number of fused-ring (bicyclic) bond motifs is 2. The van der Waals surface area contributed by atoms with E-state index in [0.717, 1.165) is 41.2 Å². The lowest BCUT2D eigenvalue weighted by Gasteiger charge is -2.28. The molecule has 6 rings (SSSR count). The van der Waals surface area contributed by atoms with E-state index in [4.69, 9.17) is 18.9 Å². The second kappa shape index (κ2) is 10.4. The highest BCUT2D eigenvalue weighted by atomic mass is 16.5. The molecule has 1 saturated carbocycles. The molecule has 37 heavy (non-hydrogen) atoms. The normalized spacial score (nSPS) is 17.7. The Labute approximate surface area is 217 Å². The van der Waals surface area contributed by atoms with Gasteiger partial charge in [0, 0.05) is 24.0 Å². The molecule has 2 N–H and O–H groups in total. The largest absolute Gasteiger partial charge is 0.493 e. The average Bonchev–Trinajstić information content (AvgIpc) is 3.61. The van der Waals surface area contributed by atoms with E-state index < -0.39 is 6.29 Å². The van der Waals surface area contributed by atoms with Gasteiger partial charge in [0.2, 0.25) is 0 Å². The summed E-state index contributed by atoms with van der Waals surface area (Å²) in [5.74, 6) is 2.50. The van der Waals surface area contributed by atoms with E-state index in [9.17, 15) is 10.2 Å². The minimum Gasteiger partial charge on any atom is -0.493 e. The van der Waals surface area contributed by atoms with Crippen LogP contribution >= 0.6 is 0 Å². The van der Waals surface area contributed by atoms with Gasteiger partial charge in [0.15, 0.2) is 6.29 Å². The molecule has 0 bridgehead atoms. The van der Waals surface area contributed by atoms with Gasteiger partial charge < -0.3 is 29.2 Å². The van der Waals surface area contributed by atoms with E-state index in [1.165, 1.54) is 40.7 Å². The van der Waals surface area contributed by atoms with Crippen molar-refractivity contribution in [3.8, 4) is 28.4 Å². The van der Waals surface area contributed by atoms with Crippen molar-refractivity contribution in [3.63, 3.8) is 0 Å². The molecule has 1 fully saturated rings. The summed E-state index contributed by atoms with van der Waals surface area (Å²) in [6.45, 7) is 4.34. The molecule has 1 aliphatic heterocycles. The molecule has 3 aliphatic rings. The van der Waals surface area contributed by atoms with Gasteiger partial charge in [0.1, 0.15) is 30.5 Å². The fourth-order valence-electron chi connectivity index (χ4n) is 5.43. The molecule has 0 spiro atoms. The highest BCUT2D eigenvalue weighted by molar-refractivity contribution is 5.76. The van der Waals surface area contributed by atoms with Crippen LogP contribution in [0, 0.1) is 6.92 Å². The standard InChI is InChI=1S/C31H34O6/c1-19-13-28(35-12-11-34-23-5-6-23)26-9-10-27(26)31(19)21-4-2-3-20(14-21)17-36-24-7-8-25-22(15-30(32)33)18-37-29(25)16-24/h2-4,7-8,13-14,16,22-23,30,32-33H,5-6,9-12,15,17-18H2,1H3. The lowest BCUT2D eigenvalue weighted by molar-refractivity contribution is -0.0506. The molecule has 1 unspecified atom stereocenters. The van der Waals surface area contributed by atoms with Crippen LogP contribution < -0.4 is 14.2 Å². The quantitative estimate of drug-likeness (QED) is 0.282. The van der Waals surface area contributed by atoms with E-state index in [2.05, 4.69) is 37.3 Å². The van der Waals surface area contributed by atoms with Crippen LogP contribution in [0.5, 0.6) is 17.2 Å². The summed E-state index contributed by atoms with van der Waals surface area (Å²) in [5, 5.41) is 18.6. The molecule has 6 nitrogen and oxygen atoms in total. The number of benzene rings is 3. The molecule has 6 heteroatoms. The Balaban J connectivity index is 1.13. The molecule has 3 aromatic rings. The average molecular weight is 503 g/mol. The Morgan fingerprint density at radius 1 is 0.973 bits per heavy atom. The van der Waals surface area contributed by atoms with Crippen LogP contribution in [0.2, 0.25) is 0 Å². The monoisotopic (exact) mass is 502 g/mol. The molecule has 1 atom stereocenters. The van der Waals surface area contributed by atoms with Gasteiger partial charge in [-0.1, -0.05) is 24.3 Å². The molecule has 0 amide bonds. The van der Waals surface area contributed by atoms with Crippen LogP contribution in [-0.2, 0) is 24.2 Å². The first-order valence-electron chi connectivity index (χ1n) is 13.3. The van der Waals surface area contributed by atoms with Crippen LogP contribution in [0.3, 0.4) is 0 Å². The van der Waals surface area contributed by atoms with Gasteiger partial charge in [-0.3, -0.25) is 0 Å². The summed E-state index contributed by atoms with van der Waals surface area (Å²) < 4.78 is 23.7. The van der Waals surface area contributed by atoms with Gasteiger partial charge in [-0.2, -0.15) is 0 Å². The van der Waals surface area contributed by atoms with Crippen molar-refractivity contribution in [1.29, 1.82) is 0 Å². The highest BCUT2D eigenvalue weighted by Gasteiger charge is 2.27. The number of rotatable bonds is 11. The lowest BCUT2D eigenvalue weighted by atomic mass is 9.79. The summed E-state index contributed by atoms with van der Waals surface area (Å²) >= 11 is 0. The second-order valence-electron chi connectivity index (χ2n) is 10.4. The molecule has 0 aromatic heterocycles. The summed E-state index contributed by atoms with van der Waals surface area (Å²) in [4.78, 5) is 0. The first kappa shape index (κ1) is 24.3. The molecule has 194 valence electrons. The van der Waals surface area contributed by atoms with Crippen molar-refractivity contribution in [2.75, 3.05) is 19.8 Å². The molecular weight excluding hydrogens is 468 g/mol. The zero-order valence-electron chi connectivity index (χ0n) is 21.2. The molecule has 2 aliphatic carbocycles. The third-order valence-electron chi connectivity index (χ3n) is 7.53. The molecule has 0 radical (unpaired) electrons. The first-order chi connectivity index (χ1) is 18.0. The van der Waals surface area contributed by atoms with Crippen molar-refractivity contribution in [2.24, 2.45) is 0 Å². The predicted molar refractivity (Wildman–Crippen MR) is 140 cm³/mol. The minimum atomic E-state index is -1.33. The van der Waals surface area contributed by atoms with Gasteiger partial charge in [-0.15, -0.1) is 0 Å². The Hall–Kier alpha value is -3.06. The topological polar surface area (TPSA) is 77.4 Å². The zero-order valence-corrected chi connectivity index (χ0v) is 21.2. The maximum atomic E-state index is 9.30. The third-order valence-corrected chi connectivity index (χ3v) is 7.53.